The maximum absolute atomic E-state index is 13.1. The van der Waals surface area contributed by atoms with Crippen LogP contribution in [-0.4, -0.2) is 42.5 Å². The van der Waals surface area contributed by atoms with Gasteiger partial charge in [-0.15, -0.1) is 5.10 Å². The second-order valence-electron chi connectivity index (χ2n) is 8.20. The largest absolute Gasteiger partial charge is 0.381 e. The lowest BCUT2D eigenvalue weighted by molar-refractivity contribution is -0.137. The first kappa shape index (κ1) is 18.5. The Morgan fingerprint density at radius 3 is 2.62 bits per heavy atom. The summed E-state index contributed by atoms with van der Waals surface area (Å²) in [5, 5.41) is 23.8. The minimum Gasteiger partial charge on any atom is -0.381 e. The van der Waals surface area contributed by atoms with Gasteiger partial charge >= 0.3 is 0 Å². The fourth-order valence-corrected chi connectivity index (χ4v) is 5.74. The second kappa shape index (κ2) is 6.24. The van der Waals surface area contributed by atoms with Gasteiger partial charge in [0.05, 0.1) is 5.69 Å². The molecule has 148 valence electrons. The van der Waals surface area contributed by atoms with Gasteiger partial charge in [0.2, 0.25) is 5.16 Å². The zero-order valence-corrected chi connectivity index (χ0v) is 17.5. The van der Waals surface area contributed by atoms with Crippen molar-refractivity contribution >= 4 is 17.5 Å². The monoisotopic (exact) mass is 406 g/mol. The number of carbonyl (C=O) groups is 1. The average molecular weight is 407 g/mol. The van der Waals surface area contributed by atoms with Crippen molar-refractivity contribution in [3.63, 3.8) is 0 Å². The van der Waals surface area contributed by atoms with Crippen molar-refractivity contribution in [3.05, 3.63) is 64.3 Å². The molecule has 0 bridgehead atoms. The number of rotatable bonds is 4. The Kier molecular flexibility index (Phi) is 3.98. The summed E-state index contributed by atoms with van der Waals surface area (Å²) in [5.74, 6) is 0.515. The summed E-state index contributed by atoms with van der Waals surface area (Å²) in [6.45, 7) is 5.79. The van der Waals surface area contributed by atoms with Crippen LogP contribution >= 0.6 is 11.8 Å². The van der Waals surface area contributed by atoms with Crippen molar-refractivity contribution < 1.29 is 9.90 Å². The van der Waals surface area contributed by atoms with Crippen LogP contribution in [0.5, 0.6) is 0 Å². The number of Topliss-reactive ketones (excluding diaryl/α,β-unsaturated/α-hetero) is 1. The molecule has 2 aromatic rings. The molecule has 1 aromatic carbocycles. The number of nitrogens with zero attached hydrogens (tertiary/aromatic N) is 4. The molecular formula is C22H22N4O2S. The van der Waals surface area contributed by atoms with Crippen LogP contribution in [-0.2, 0) is 4.79 Å². The summed E-state index contributed by atoms with van der Waals surface area (Å²) < 4.78 is 1.73. The number of hydrogen-bond acceptors (Lipinski definition) is 6. The average Bonchev–Trinajstić information content (AvgIpc) is 3.30. The first-order valence-corrected chi connectivity index (χ1v) is 10.7. The van der Waals surface area contributed by atoms with E-state index in [0.29, 0.717) is 16.5 Å². The number of benzene rings is 1. The third-order valence-corrected chi connectivity index (χ3v) is 7.60. The van der Waals surface area contributed by atoms with Crippen molar-refractivity contribution in [2.24, 2.45) is 5.41 Å². The molecule has 0 amide bonds. The van der Waals surface area contributed by atoms with E-state index in [0.717, 1.165) is 40.8 Å². The number of fused-ring (bicyclic) bond motifs is 1. The highest BCUT2D eigenvalue weighted by molar-refractivity contribution is 7.99. The van der Waals surface area contributed by atoms with Crippen molar-refractivity contribution in [1.82, 2.24) is 20.2 Å². The van der Waals surface area contributed by atoms with Gasteiger partial charge in [-0.2, -0.15) is 4.68 Å². The van der Waals surface area contributed by atoms with Crippen LogP contribution in [0.4, 0.5) is 0 Å². The Balaban J connectivity index is 1.47. The normalized spacial score (nSPS) is 25.0. The summed E-state index contributed by atoms with van der Waals surface area (Å²) >= 11 is 1.56. The molecule has 1 spiro atoms. The molecule has 1 aromatic heterocycles. The Hall–Kier alpha value is -2.51. The maximum Gasteiger partial charge on any atom is 0.214 e. The van der Waals surface area contributed by atoms with E-state index in [1.54, 1.807) is 23.4 Å². The van der Waals surface area contributed by atoms with Crippen molar-refractivity contribution in [1.29, 1.82) is 0 Å². The molecule has 0 unspecified atom stereocenters. The molecule has 1 heterocycles. The number of para-hydroxylation sites is 1. The van der Waals surface area contributed by atoms with E-state index >= 15 is 0 Å². The van der Waals surface area contributed by atoms with Gasteiger partial charge < -0.3 is 5.11 Å². The standard InChI is InChI=1S/C22H22N4O2S/c1-13-11-16-18(14(2)22(9-10-22)21(3,28)19(16)27)17(13)12-29-20-23-24-25-26(20)15-7-5-4-6-8-15/h4-8,11,28H,9-10,12H2,1-3H3/t21-/m0/s1. The summed E-state index contributed by atoms with van der Waals surface area (Å²) in [6, 6.07) is 9.79. The minimum absolute atomic E-state index is 0.149. The highest BCUT2D eigenvalue weighted by Crippen LogP contribution is 2.65. The summed E-state index contributed by atoms with van der Waals surface area (Å²) in [5.41, 5.74) is 4.23. The molecule has 1 atom stereocenters. The fourth-order valence-electron chi connectivity index (χ4n) is 4.74. The third kappa shape index (κ3) is 2.53. The zero-order chi connectivity index (χ0) is 20.4. The molecule has 1 N–H and O–H groups in total. The van der Waals surface area contributed by atoms with Crippen LogP contribution in [0.3, 0.4) is 0 Å². The van der Waals surface area contributed by atoms with E-state index in [4.69, 9.17) is 0 Å². The van der Waals surface area contributed by atoms with E-state index in [1.807, 2.05) is 43.3 Å². The van der Waals surface area contributed by atoms with Crippen LogP contribution in [0.2, 0.25) is 0 Å². The van der Waals surface area contributed by atoms with Gasteiger partial charge in [-0.3, -0.25) is 4.79 Å². The molecule has 7 heteroatoms. The van der Waals surface area contributed by atoms with Crippen LogP contribution in [0.1, 0.15) is 33.6 Å². The molecule has 1 fully saturated rings. The summed E-state index contributed by atoms with van der Waals surface area (Å²) in [7, 11) is 0. The van der Waals surface area contributed by atoms with Crippen LogP contribution in [0.25, 0.3) is 5.69 Å². The summed E-state index contributed by atoms with van der Waals surface area (Å²) in [4.78, 5) is 13.1. The molecule has 3 aliphatic rings. The molecule has 5 rings (SSSR count). The molecule has 29 heavy (non-hydrogen) atoms. The Labute approximate surface area is 173 Å². The highest BCUT2D eigenvalue weighted by Gasteiger charge is 2.65. The Morgan fingerprint density at radius 2 is 1.93 bits per heavy atom. The van der Waals surface area contributed by atoms with E-state index in [9.17, 15) is 9.90 Å². The number of ketones is 1. The van der Waals surface area contributed by atoms with E-state index in [-0.39, 0.29) is 5.78 Å². The van der Waals surface area contributed by atoms with Gasteiger partial charge in [0, 0.05) is 16.7 Å². The molecule has 6 nitrogen and oxygen atoms in total. The predicted octanol–water partition coefficient (Wildman–Crippen LogP) is 3.44. The van der Waals surface area contributed by atoms with Gasteiger partial charge in [0.15, 0.2) is 5.78 Å². The smallest absolute Gasteiger partial charge is 0.214 e. The number of hydrogen-bond donors (Lipinski definition) is 1. The van der Waals surface area contributed by atoms with E-state index in [1.165, 1.54) is 0 Å². The lowest BCUT2D eigenvalue weighted by atomic mass is 9.67. The Morgan fingerprint density at radius 1 is 1.21 bits per heavy atom. The van der Waals surface area contributed by atoms with E-state index in [2.05, 4.69) is 22.4 Å². The molecule has 0 radical (unpaired) electrons. The first-order chi connectivity index (χ1) is 13.9. The van der Waals surface area contributed by atoms with Gasteiger partial charge in [-0.05, 0) is 79.0 Å². The number of aliphatic hydroxyl groups is 1. The van der Waals surface area contributed by atoms with E-state index < -0.39 is 11.0 Å². The van der Waals surface area contributed by atoms with Gasteiger partial charge in [-0.1, -0.05) is 35.5 Å². The SMILES string of the molecule is CC1=C(CSc2nnnn2-c2ccccc2)C2=C(C)C3(CC3)[C@@](C)(O)C(=O)C2=C1. The number of thioether (sulfide) groups is 1. The fraction of sp³-hybridized carbons (Fsp3) is 0.364. The molecule has 1 saturated carbocycles. The lowest BCUT2D eigenvalue weighted by Crippen LogP contribution is -2.49. The lowest BCUT2D eigenvalue weighted by Gasteiger charge is -2.39. The minimum atomic E-state index is -1.31. The maximum atomic E-state index is 13.1. The topological polar surface area (TPSA) is 80.9 Å². The molecular weight excluding hydrogens is 384 g/mol. The molecule has 0 aliphatic heterocycles. The number of carbonyl (C=O) groups excluding carboxylic acids is 1. The highest BCUT2D eigenvalue weighted by atomic mass is 32.2. The Bertz CT molecular complexity index is 1120. The molecule has 0 saturated heterocycles. The van der Waals surface area contributed by atoms with Crippen molar-refractivity contribution in [2.75, 3.05) is 5.75 Å². The van der Waals surface area contributed by atoms with Crippen molar-refractivity contribution in [3.8, 4) is 5.69 Å². The van der Waals surface area contributed by atoms with Crippen molar-refractivity contribution in [2.45, 2.75) is 44.4 Å². The third-order valence-electron chi connectivity index (χ3n) is 6.66. The van der Waals surface area contributed by atoms with Crippen LogP contribution in [0, 0.1) is 5.41 Å². The number of allylic oxidation sites excluding steroid dienone is 3. The zero-order valence-electron chi connectivity index (χ0n) is 16.6. The number of aromatic nitrogens is 4. The quantitative estimate of drug-likeness (QED) is 0.784. The predicted molar refractivity (Wildman–Crippen MR) is 111 cm³/mol. The number of tetrazole rings is 1. The van der Waals surface area contributed by atoms with Crippen LogP contribution in [0.15, 0.2) is 69.4 Å². The molecule has 3 aliphatic carbocycles. The van der Waals surface area contributed by atoms with Crippen LogP contribution < -0.4 is 0 Å². The van der Waals surface area contributed by atoms with Gasteiger partial charge in [0.1, 0.15) is 5.60 Å². The van der Waals surface area contributed by atoms with Gasteiger partial charge in [-0.25, -0.2) is 0 Å². The summed E-state index contributed by atoms with van der Waals surface area (Å²) in [6.07, 6.45) is 3.65. The van der Waals surface area contributed by atoms with Gasteiger partial charge in [0.25, 0.3) is 0 Å². The first-order valence-electron chi connectivity index (χ1n) is 9.74. The second-order valence-corrected chi connectivity index (χ2v) is 9.14.